The molecular formula is C17H27N2S+. The number of nitrogens with zero attached hydrogens (tertiary/aromatic N) is 1. The second kappa shape index (κ2) is 6.20. The smallest absolute Gasteiger partial charge is 0.138 e. The van der Waals surface area contributed by atoms with E-state index in [4.69, 9.17) is 0 Å². The molecule has 0 saturated carbocycles. The van der Waals surface area contributed by atoms with E-state index in [1.807, 2.05) is 13.8 Å². The standard InChI is InChI=1S/C17H27N2S/c1-13(19-20(7)16(2,3)4)14-8-10-15(11-9-14)17(5,6)12-18/h8-11,13,19H,1-7H3/q+1. The normalized spacial score (nSPS) is 15.5. The van der Waals surface area contributed by atoms with Crippen LogP contribution in [0.2, 0.25) is 0 Å². The molecule has 2 unspecified atom stereocenters. The average molecular weight is 291 g/mol. The highest BCUT2D eigenvalue weighted by atomic mass is 32.2. The van der Waals surface area contributed by atoms with Crippen LogP contribution in [-0.2, 0) is 16.5 Å². The maximum absolute atomic E-state index is 9.17. The van der Waals surface area contributed by atoms with Crippen LogP contribution >= 0.6 is 0 Å². The molecule has 0 radical (unpaired) electrons. The van der Waals surface area contributed by atoms with E-state index in [0.29, 0.717) is 6.04 Å². The van der Waals surface area contributed by atoms with Crippen molar-refractivity contribution in [3.8, 4) is 6.07 Å². The molecule has 0 aliphatic heterocycles. The maximum atomic E-state index is 9.17. The van der Waals surface area contributed by atoms with Crippen molar-refractivity contribution < 1.29 is 0 Å². The zero-order valence-corrected chi connectivity index (χ0v) is 14.6. The Morgan fingerprint density at radius 2 is 1.60 bits per heavy atom. The summed E-state index contributed by atoms with van der Waals surface area (Å²) < 4.78 is 3.95. The third kappa shape index (κ3) is 4.26. The van der Waals surface area contributed by atoms with Crippen molar-refractivity contribution in [1.29, 1.82) is 5.26 Å². The minimum absolute atomic E-state index is 0.156. The summed E-state index contributed by atoms with van der Waals surface area (Å²) in [5.74, 6) is 0. The SMILES string of the molecule is CC(N[S+](C)C(C)(C)C)c1ccc(C(C)(C)C#N)cc1. The molecule has 2 atom stereocenters. The molecule has 2 nitrogen and oxygen atoms in total. The van der Waals surface area contributed by atoms with Gasteiger partial charge in [-0.25, -0.2) is 0 Å². The fourth-order valence-electron chi connectivity index (χ4n) is 1.76. The van der Waals surface area contributed by atoms with Crippen LogP contribution in [0.25, 0.3) is 0 Å². The van der Waals surface area contributed by atoms with Crippen LogP contribution in [0.3, 0.4) is 0 Å². The molecule has 0 spiro atoms. The highest BCUT2D eigenvalue weighted by molar-refractivity contribution is 7.95. The monoisotopic (exact) mass is 291 g/mol. The molecule has 20 heavy (non-hydrogen) atoms. The molecule has 0 bridgehead atoms. The number of benzene rings is 1. The molecule has 0 aliphatic rings. The molecule has 1 aromatic carbocycles. The van der Waals surface area contributed by atoms with Crippen LogP contribution < -0.4 is 4.72 Å². The van der Waals surface area contributed by atoms with E-state index < -0.39 is 5.41 Å². The zero-order valence-electron chi connectivity index (χ0n) is 13.7. The Bertz CT molecular complexity index is 477. The zero-order chi connectivity index (χ0) is 15.6. The van der Waals surface area contributed by atoms with Gasteiger partial charge >= 0.3 is 0 Å². The summed E-state index contributed by atoms with van der Waals surface area (Å²) in [6, 6.07) is 11.1. The van der Waals surface area contributed by atoms with E-state index >= 15 is 0 Å². The fourth-order valence-corrected chi connectivity index (χ4v) is 2.78. The molecule has 1 N–H and O–H groups in total. The third-order valence-corrected chi connectivity index (χ3v) is 6.23. The number of rotatable bonds is 4. The van der Waals surface area contributed by atoms with Gasteiger partial charge in [-0.1, -0.05) is 24.3 Å². The van der Waals surface area contributed by atoms with Crippen molar-refractivity contribution >= 4 is 11.1 Å². The highest BCUT2D eigenvalue weighted by Crippen LogP contribution is 2.25. The highest BCUT2D eigenvalue weighted by Gasteiger charge is 2.31. The summed E-state index contributed by atoms with van der Waals surface area (Å²) >= 11 is 0.156. The Hall–Kier alpha value is -0.980. The molecule has 0 amide bonds. The lowest BCUT2D eigenvalue weighted by Crippen LogP contribution is -2.39. The lowest BCUT2D eigenvalue weighted by atomic mass is 9.86. The Kier molecular flexibility index (Phi) is 5.29. The van der Waals surface area contributed by atoms with Gasteiger partial charge in [0, 0.05) is 0 Å². The third-order valence-electron chi connectivity index (χ3n) is 3.68. The number of nitrogens with one attached hydrogen (secondary N) is 1. The van der Waals surface area contributed by atoms with Gasteiger partial charge in [-0.3, -0.25) is 0 Å². The topological polar surface area (TPSA) is 35.8 Å². The van der Waals surface area contributed by atoms with E-state index in [2.05, 4.69) is 69.0 Å². The minimum atomic E-state index is -0.421. The number of hydrogen-bond acceptors (Lipinski definition) is 2. The van der Waals surface area contributed by atoms with Crippen molar-refractivity contribution in [2.45, 2.75) is 57.7 Å². The first-order chi connectivity index (χ1) is 9.08. The summed E-state index contributed by atoms with van der Waals surface area (Å²) in [6.07, 6.45) is 2.25. The molecule has 1 rings (SSSR count). The van der Waals surface area contributed by atoms with Gasteiger partial charge in [0.1, 0.15) is 11.0 Å². The summed E-state index contributed by atoms with van der Waals surface area (Å²) in [5, 5.41) is 9.17. The quantitative estimate of drug-likeness (QED) is 0.848. The molecule has 1 aromatic rings. The molecule has 0 saturated heterocycles. The first-order valence-electron chi connectivity index (χ1n) is 7.02. The largest absolute Gasteiger partial charge is 0.197 e. The molecule has 0 fully saturated rings. The Balaban J connectivity index is 2.82. The lowest BCUT2D eigenvalue weighted by molar-refractivity contribution is 0.681. The van der Waals surface area contributed by atoms with Crippen molar-refractivity contribution in [2.24, 2.45) is 0 Å². The molecule has 3 heteroatoms. The van der Waals surface area contributed by atoms with Crippen LogP contribution in [0, 0.1) is 11.3 Å². The molecule has 0 aliphatic carbocycles. The van der Waals surface area contributed by atoms with Crippen LogP contribution in [-0.4, -0.2) is 11.0 Å². The van der Waals surface area contributed by atoms with Gasteiger partial charge in [0.05, 0.1) is 28.6 Å². The molecule has 0 aromatic heterocycles. The predicted octanol–water partition coefficient (Wildman–Crippen LogP) is 4.10. The fraction of sp³-hybridized carbons (Fsp3) is 0.588. The van der Waals surface area contributed by atoms with Gasteiger partial charge in [0.15, 0.2) is 0 Å². The lowest BCUT2D eigenvalue weighted by Gasteiger charge is -2.22. The summed E-state index contributed by atoms with van der Waals surface area (Å²) in [5.41, 5.74) is 1.92. The Labute approximate surface area is 127 Å². The van der Waals surface area contributed by atoms with Crippen LogP contribution in [0.1, 0.15) is 58.7 Å². The van der Waals surface area contributed by atoms with Crippen molar-refractivity contribution in [3.05, 3.63) is 35.4 Å². The molecule has 110 valence electrons. The van der Waals surface area contributed by atoms with E-state index in [-0.39, 0.29) is 15.8 Å². The van der Waals surface area contributed by atoms with E-state index in [0.717, 1.165) is 5.56 Å². The minimum Gasteiger partial charge on any atom is -0.197 e. The van der Waals surface area contributed by atoms with Crippen LogP contribution in [0.15, 0.2) is 24.3 Å². The van der Waals surface area contributed by atoms with Gasteiger partial charge in [-0.05, 0) is 52.7 Å². The maximum Gasteiger partial charge on any atom is 0.138 e. The van der Waals surface area contributed by atoms with Crippen molar-refractivity contribution in [1.82, 2.24) is 4.72 Å². The van der Waals surface area contributed by atoms with Crippen molar-refractivity contribution in [2.75, 3.05) is 6.26 Å². The van der Waals surface area contributed by atoms with Gasteiger partial charge in [0.25, 0.3) is 0 Å². The number of nitriles is 1. The molecule has 0 heterocycles. The molecular weight excluding hydrogens is 264 g/mol. The first-order valence-corrected chi connectivity index (χ1v) is 8.65. The first kappa shape index (κ1) is 17.1. The Morgan fingerprint density at radius 3 is 2.00 bits per heavy atom. The van der Waals surface area contributed by atoms with Crippen LogP contribution in [0.4, 0.5) is 0 Å². The van der Waals surface area contributed by atoms with Gasteiger partial charge in [-0.15, -0.1) is 4.72 Å². The second-order valence-corrected chi connectivity index (χ2v) is 9.30. The Morgan fingerprint density at radius 1 is 1.10 bits per heavy atom. The van der Waals surface area contributed by atoms with Crippen molar-refractivity contribution in [3.63, 3.8) is 0 Å². The summed E-state index contributed by atoms with van der Waals surface area (Å²) in [6.45, 7) is 12.9. The van der Waals surface area contributed by atoms with E-state index in [1.54, 1.807) is 0 Å². The van der Waals surface area contributed by atoms with E-state index in [1.165, 1.54) is 5.56 Å². The van der Waals surface area contributed by atoms with Gasteiger partial charge < -0.3 is 0 Å². The van der Waals surface area contributed by atoms with E-state index in [9.17, 15) is 5.26 Å². The van der Waals surface area contributed by atoms with Crippen LogP contribution in [0.5, 0.6) is 0 Å². The van der Waals surface area contributed by atoms with Gasteiger partial charge in [-0.2, -0.15) is 5.26 Å². The van der Waals surface area contributed by atoms with Gasteiger partial charge in [0.2, 0.25) is 0 Å². The average Bonchev–Trinajstić information content (AvgIpc) is 2.37. The second-order valence-electron chi connectivity index (χ2n) is 6.82. The predicted molar refractivity (Wildman–Crippen MR) is 89.7 cm³/mol. The summed E-state index contributed by atoms with van der Waals surface area (Å²) in [4.78, 5) is 0. The number of hydrogen-bond donors (Lipinski definition) is 1. The summed E-state index contributed by atoms with van der Waals surface area (Å²) in [7, 11) is 0.